The van der Waals surface area contributed by atoms with Gasteiger partial charge in [0, 0.05) is 0 Å². The second-order valence-corrected chi connectivity index (χ2v) is 1.97. The molecule has 0 spiro atoms. The number of nitrogens with zero attached hydrogens (tertiary/aromatic N) is 3. The lowest BCUT2D eigenvalue weighted by Crippen LogP contribution is -1.98. The molecule has 0 radical (unpaired) electrons. The zero-order valence-corrected chi connectivity index (χ0v) is 6.04. The van der Waals surface area contributed by atoms with Crippen LogP contribution in [0.25, 0.3) is 5.76 Å². The summed E-state index contributed by atoms with van der Waals surface area (Å²) in [5.74, 6) is 0.925. The van der Waals surface area contributed by atoms with Crippen molar-refractivity contribution in [3.05, 3.63) is 37.3 Å². The van der Waals surface area contributed by atoms with Gasteiger partial charge in [0.05, 0.1) is 0 Å². The van der Waals surface area contributed by atoms with E-state index in [0.717, 1.165) is 0 Å². The molecular formula is C7H5N3O2. The standard InChI is InChI=1S/C7H5N3O2/c1-2-12-6(3-11-1)7-9-4-8-5-10-7/h1-5H. The number of hydrogen-bond donors (Lipinski definition) is 0. The fourth-order valence-corrected chi connectivity index (χ4v) is 0.734. The minimum absolute atomic E-state index is 0.453. The second kappa shape index (κ2) is 3.00. The van der Waals surface area contributed by atoms with Crippen LogP contribution in [0.15, 0.2) is 31.4 Å². The van der Waals surface area contributed by atoms with Gasteiger partial charge in [0.2, 0.25) is 11.6 Å². The van der Waals surface area contributed by atoms with E-state index in [-0.39, 0.29) is 0 Å². The highest BCUT2D eigenvalue weighted by Gasteiger charge is 2.06. The van der Waals surface area contributed by atoms with Crippen molar-refractivity contribution in [3.63, 3.8) is 0 Å². The first kappa shape index (κ1) is 6.78. The third-order valence-electron chi connectivity index (χ3n) is 1.22. The highest BCUT2D eigenvalue weighted by Crippen LogP contribution is 2.13. The maximum atomic E-state index is 5.07. The molecule has 1 aliphatic rings. The molecule has 0 fully saturated rings. The van der Waals surface area contributed by atoms with Crippen LogP contribution in [0.5, 0.6) is 0 Å². The quantitative estimate of drug-likeness (QED) is 0.609. The Hall–Kier alpha value is -1.91. The highest BCUT2D eigenvalue weighted by atomic mass is 16.5. The van der Waals surface area contributed by atoms with E-state index in [1.807, 2.05) is 0 Å². The Balaban J connectivity index is 2.26. The lowest BCUT2D eigenvalue weighted by Gasteiger charge is -2.06. The summed E-state index contributed by atoms with van der Waals surface area (Å²) in [7, 11) is 0. The summed E-state index contributed by atoms with van der Waals surface area (Å²) in [5, 5.41) is 0. The van der Waals surface area contributed by atoms with Crippen LogP contribution in [0, 0.1) is 0 Å². The van der Waals surface area contributed by atoms with E-state index in [9.17, 15) is 0 Å². The molecule has 0 atom stereocenters. The lowest BCUT2D eigenvalue weighted by atomic mass is 10.5. The van der Waals surface area contributed by atoms with Crippen LogP contribution in [0.4, 0.5) is 0 Å². The molecule has 60 valence electrons. The summed E-state index contributed by atoms with van der Waals surface area (Å²) in [6, 6.07) is 0. The Bertz CT molecular complexity index is 321. The van der Waals surface area contributed by atoms with E-state index in [4.69, 9.17) is 9.47 Å². The summed E-state index contributed by atoms with van der Waals surface area (Å²) < 4.78 is 9.94. The van der Waals surface area contributed by atoms with Gasteiger partial charge < -0.3 is 9.47 Å². The van der Waals surface area contributed by atoms with E-state index in [1.54, 1.807) is 0 Å². The number of rotatable bonds is 1. The molecule has 0 aromatic carbocycles. The first-order chi connectivity index (χ1) is 5.97. The second-order valence-electron chi connectivity index (χ2n) is 1.97. The van der Waals surface area contributed by atoms with Crippen molar-refractivity contribution in [2.75, 3.05) is 0 Å². The maximum Gasteiger partial charge on any atom is 0.206 e. The fourth-order valence-electron chi connectivity index (χ4n) is 0.734. The third kappa shape index (κ3) is 1.24. The normalized spacial score (nSPS) is 14.5. The van der Waals surface area contributed by atoms with E-state index >= 15 is 0 Å². The summed E-state index contributed by atoms with van der Waals surface area (Å²) in [5.41, 5.74) is 0. The molecule has 1 aromatic rings. The SMILES string of the molecule is C1=COC(c2ncncn2)=CO1. The van der Waals surface area contributed by atoms with Crippen LogP contribution in [0.1, 0.15) is 5.82 Å². The Kier molecular flexibility index (Phi) is 1.69. The van der Waals surface area contributed by atoms with Crippen LogP contribution < -0.4 is 0 Å². The zero-order valence-electron chi connectivity index (χ0n) is 6.04. The van der Waals surface area contributed by atoms with Gasteiger partial charge in [-0.15, -0.1) is 0 Å². The van der Waals surface area contributed by atoms with Crippen LogP contribution >= 0.6 is 0 Å². The molecule has 2 rings (SSSR count). The summed E-state index contributed by atoms with van der Waals surface area (Å²) >= 11 is 0. The van der Waals surface area contributed by atoms with Gasteiger partial charge in [-0.05, 0) is 0 Å². The average Bonchev–Trinajstić information content (AvgIpc) is 2.21. The fraction of sp³-hybridized carbons (Fsp3) is 0. The first-order valence-corrected chi connectivity index (χ1v) is 3.26. The van der Waals surface area contributed by atoms with Crippen molar-refractivity contribution in [3.8, 4) is 0 Å². The summed E-state index contributed by atoms with van der Waals surface area (Å²) in [6.07, 6.45) is 7.05. The predicted octanol–water partition coefficient (Wildman–Crippen LogP) is 0.688. The van der Waals surface area contributed by atoms with Crippen molar-refractivity contribution < 1.29 is 9.47 Å². The molecule has 0 unspecified atom stereocenters. The molecule has 0 N–H and O–H groups in total. The Morgan fingerprint density at radius 3 is 2.58 bits per heavy atom. The van der Waals surface area contributed by atoms with Gasteiger partial charge in [0.1, 0.15) is 31.4 Å². The minimum Gasteiger partial charge on any atom is -0.465 e. The average molecular weight is 163 g/mol. The van der Waals surface area contributed by atoms with Crippen LogP contribution in [0.2, 0.25) is 0 Å². The molecule has 1 aliphatic heterocycles. The molecule has 0 bridgehead atoms. The number of aromatic nitrogens is 3. The molecule has 0 amide bonds. The van der Waals surface area contributed by atoms with Crippen molar-refractivity contribution in [2.24, 2.45) is 0 Å². The molecule has 1 aromatic heterocycles. The Morgan fingerprint density at radius 2 is 1.92 bits per heavy atom. The number of ether oxygens (including phenoxy) is 2. The summed E-state index contributed by atoms with van der Waals surface area (Å²) in [6.45, 7) is 0. The number of hydrogen-bond acceptors (Lipinski definition) is 5. The van der Waals surface area contributed by atoms with E-state index in [0.29, 0.717) is 11.6 Å². The van der Waals surface area contributed by atoms with Gasteiger partial charge in [0.25, 0.3) is 0 Å². The predicted molar refractivity (Wildman–Crippen MR) is 39.1 cm³/mol. The monoisotopic (exact) mass is 163 g/mol. The molecular weight excluding hydrogens is 158 g/mol. The van der Waals surface area contributed by atoms with Crippen molar-refractivity contribution in [1.29, 1.82) is 0 Å². The smallest absolute Gasteiger partial charge is 0.206 e. The topological polar surface area (TPSA) is 57.1 Å². The van der Waals surface area contributed by atoms with Gasteiger partial charge in [-0.2, -0.15) is 0 Å². The largest absolute Gasteiger partial charge is 0.465 e. The molecule has 0 saturated heterocycles. The van der Waals surface area contributed by atoms with E-state index in [2.05, 4.69) is 15.0 Å². The maximum absolute atomic E-state index is 5.07. The molecule has 2 heterocycles. The minimum atomic E-state index is 0.453. The van der Waals surface area contributed by atoms with Crippen molar-refractivity contribution in [2.45, 2.75) is 0 Å². The van der Waals surface area contributed by atoms with Gasteiger partial charge in [-0.25, -0.2) is 15.0 Å². The van der Waals surface area contributed by atoms with E-state index in [1.165, 1.54) is 31.4 Å². The van der Waals surface area contributed by atoms with Crippen molar-refractivity contribution in [1.82, 2.24) is 15.0 Å². The summed E-state index contributed by atoms with van der Waals surface area (Å²) in [4.78, 5) is 11.4. The Morgan fingerprint density at radius 1 is 1.08 bits per heavy atom. The molecule has 0 saturated carbocycles. The highest BCUT2D eigenvalue weighted by molar-refractivity contribution is 5.51. The molecule has 5 heteroatoms. The van der Waals surface area contributed by atoms with Crippen LogP contribution in [0.3, 0.4) is 0 Å². The first-order valence-electron chi connectivity index (χ1n) is 3.26. The van der Waals surface area contributed by atoms with Crippen LogP contribution in [-0.4, -0.2) is 15.0 Å². The Labute approximate surface area is 68.4 Å². The molecule has 12 heavy (non-hydrogen) atoms. The van der Waals surface area contributed by atoms with Crippen molar-refractivity contribution >= 4 is 5.76 Å². The van der Waals surface area contributed by atoms with Gasteiger partial charge >= 0.3 is 0 Å². The van der Waals surface area contributed by atoms with Gasteiger partial charge in [-0.3, -0.25) is 0 Å². The van der Waals surface area contributed by atoms with Gasteiger partial charge in [-0.1, -0.05) is 0 Å². The molecule has 5 nitrogen and oxygen atoms in total. The van der Waals surface area contributed by atoms with Gasteiger partial charge in [0.15, 0.2) is 0 Å². The lowest BCUT2D eigenvalue weighted by molar-refractivity contribution is 0.310. The van der Waals surface area contributed by atoms with E-state index < -0.39 is 0 Å². The zero-order chi connectivity index (χ0) is 8.23. The van der Waals surface area contributed by atoms with Crippen LogP contribution in [-0.2, 0) is 9.47 Å². The third-order valence-corrected chi connectivity index (χ3v) is 1.22. The molecule has 0 aliphatic carbocycles.